The molecule has 0 bridgehead atoms. The second-order valence-electron chi connectivity index (χ2n) is 4.96. The van der Waals surface area contributed by atoms with Crippen molar-refractivity contribution in [3.05, 3.63) is 21.9 Å². The average Bonchev–Trinajstić information content (AvgIpc) is 2.81. The van der Waals surface area contributed by atoms with Crippen molar-refractivity contribution in [1.82, 2.24) is 5.32 Å². The predicted molar refractivity (Wildman–Crippen MR) is 78.7 cm³/mol. The van der Waals surface area contributed by atoms with Crippen LogP contribution in [0.25, 0.3) is 0 Å². The van der Waals surface area contributed by atoms with Gasteiger partial charge in [-0.25, -0.2) is 0 Å². The second kappa shape index (κ2) is 7.88. The van der Waals surface area contributed by atoms with Crippen molar-refractivity contribution in [3.8, 4) is 0 Å². The molecule has 0 aliphatic carbocycles. The highest BCUT2D eigenvalue weighted by molar-refractivity contribution is 7.10. The third-order valence-corrected chi connectivity index (χ3v) is 4.61. The molecule has 0 amide bonds. The molecule has 0 fully saturated rings. The van der Waals surface area contributed by atoms with Gasteiger partial charge in [0.25, 0.3) is 0 Å². The summed E-state index contributed by atoms with van der Waals surface area (Å²) < 4.78 is 0. The smallest absolute Gasteiger partial charge is 0.0305 e. The highest BCUT2D eigenvalue weighted by Crippen LogP contribution is 2.18. The van der Waals surface area contributed by atoms with Crippen LogP contribution in [0.1, 0.15) is 57.4 Å². The maximum Gasteiger partial charge on any atom is 0.0305 e. The minimum Gasteiger partial charge on any atom is -0.309 e. The van der Waals surface area contributed by atoms with Crippen molar-refractivity contribution in [1.29, 1.82) is 0 Å². The molecule has 2 atom stereocenters. The van der Waals surface area contributed by atoms with Crippen molar-refractivity contribution >= 4 is 11.3 Å². The van der Waals surface area contributed by atoms with Crippen LogP contribution in [-0.4, -0.2) is 6.04 Å². The molecule has 0 spiro atoms. The van der Waals surface area contributed by atoms with Gasteiger partial charge >= 0.3 is 0 Å². The summed E-state index contributed by atoms with van der Waals surface area (Å²) in [6, 6.07) is 2.94. The molecule has 2 unspecified atom stereocenters. The lowest BCUT2D eigenvalue weighted by atomic mass is 9.98. The van der Waals surface area contributed by atoms with Gasteiger partial charge in [-0.3, -0.25) is 0 Å². The Bertz CT molecular complexity index is 306. The quantitative estimate of drug-likeness (QED) is 0.713. The van der Waals surface area contributed by atoms with Gasteiger partial charge in [-0.05, 0) is 42.2 Å². The number of hydrogen-bond donors (Lipinski definition) is 1. The molecule has 0 aliphatic rings. The van der Waals surface area contributed by atoms with Gasteiger partial charge in [0.05, 0.1) is 0 Å². The maximum absolute atomic E-state index is 3.72. The molecule has 17 heavy (non-hydrogen) atoms. The number of aryl methyl sites for hydroxylation is 1. The van der Waals surface area contributed by atoms with Crippen molar-refractivity contribution in [2.75, 3.05) is 0 Å². The van der Waals surface area contributed by atoms with Gasteiger partial charge in [-0.1, -0.05) is 34.1 Å². The molecule has 0 radical (unpaired) electrons. The first kappa shape index (κ1) is 14.7. The molecule has 1 aromatic rings. The van der Waals surface area contributed by atoms with E-state index < -0.39 is 0 Å². The van der Waals surface area contributed by atoms with E-state index in [0.29, 0.717) is 6.04 Å². The van der Waals surface area contributed by atoms with Crippen LogP contribution in [0, 0.1) is 5.92 Å². The Balaban J connectivity index is 2.42. The van der Waals surface area contributed by atoms with E-state index in [1.807, 2.05) is 11.3 Å². The Morgan fingerprint density at radius 1 is 1.24 bits per heavy atom. The Morgan fingerprint density at radius 2 is 2.00 bits per heavy atom. The van der Waals surface area contributed by atoms with Crippen LogP contribution in [0.3, 0.4) is 0 Å². The zero-order valence-corrected chi connectivity index (χ0v) is 12.6. The summed E-state index contributed by atoms with van der Waals surface area (Å²) in [5.74, 6) is 0.835. The van der Waals surface area contributed by atoms with Crippen molar-refractivity contribution in [2.24, 2.45) is 5.92 Å². The lowest BCUT2D eigenvalue weighted by Crippen LogP contribution is -2.29. The monoisotopic (exact) mass is 253 g/mol. The number of hydrogen-bond acceptors (Lipinski definition) is 2. The van der Waals surface area contributed by atoms with Gasteiger partial charge < -0.3 is 5.32 Å². The average molecular weight is 253 g/mol. The van der Waals surface area contributed by atoms with Crippen LogP contribution in [0.4, 0.5) is 0 Å². The Hall–Kier alpha value is -0.340. The zero-order valence-electron chi connectivity index (χ0n) is 11.8. The largest absolute Gasteiger partial charge is 0.309 e. The summed E-state index contributed by atoms with van der Waals surface area (Å²) in [7, 11) is 0. The summed E-state index contributed by atoms with van der Waals surface area (Å²) in [4.78, 5) is 1.52. The standard InChI is InChI=1S/C15H27NS/c1-5-12(4)10-14(7-3)16-11-15-13(6-2)8-9-17-15/h8-9,12,14,16H,5-7,10-11H2,1-4H3. The van der Waals surface area contributed by atoms with Gasteiger partial charge in [0.1, 0.15) is 0 Å². The van der Waals surface area contributed by atoms with Crippen LogP contribution >= 0.6 is 11.3 Å². The molecule has 0 aliphatic heterocycles. The first-order valence-corrected chi connectivity index (χ1v) is 7.87. The molecule has 1 rings (SSSR count). The lowest BCUT2D eigenvalue weighted by molar-refractivity contribution is 0.384. The van der Waals surface area contributed by atoms with Crippen LogP contribution in [0.15, 0.2) is 11.4 Å². The zero-order chi connectivity index (χ0) is 12.7. The number of thiophene rings is 1. The van der Waals surface area contributed by atoms with Crippen molar-refractivity contribution < 1.29 is 0 Å². The Labute approximate surface area is 111 Å². The highest BCUT2D eigenvalue weighted by Gasteiger charge is 2.11. The summed E-state index contributed by atoms with van der Waals surface area (Å²) in [5, 5.41) is 5.94. The second-order valence-corrected chi connectivity index (χ2v) is 5.96. The Morgan fingerprint density at radius 3 is 2.59 bits per heavy atom. The van der Waals surface area contributed by atoms with Gasteiger partial charge in [0.2, 0.25) is 0 Å². The fourth-order valence-electron chi connectivity index (χ4n) is 2.12. The van der Waals surface area contributed by atoms with Gasteiger partial charge in [-0.15, -0.1) is 11.3 Å². The first-order chi connectivity index (χ1) is 8.21. The molecule has 1 N–H and O–H groups in total. The van der Waals surface area contributed by atoms with Crippen molar-refractivity contribution in [3.63, 3.8) is 0 Å². The molecular formula is C15H27NS. The number of rotatable bonds is 8. The number of nitrogens with one attached hydrogen (secondary N) is 1. The van der Waals surface area contributed by atoms with E-state index >= 15 is 0 Å². The predicted octanol–water partition coefficient (Wildman–Crippen LogP) is 4.61. The molecule has 1 aromatic heterocycles. The lowest BCUT2D eigenvalue weighted by Gasteiger charge is -2.20. The van der Waals surface area contributed by atoms with Crippen molar-refractivity contribution in [2.45, 2.75) is 66.0 Å². The van der Waals surface area contributed by atoms with Crippen LogP contribution in [0.5, 0.6) is 0 Å². The topological polar surface area (TPSA) is 12.0 Å². The van der Waals surface area contributed by atoms with E-state index in [9.17, 15) is 0 Å². The third kappa shape index (κ3) is 4.81. The van der Waals surface area contributed by atoms with Crippen LogP contribution in [-0.2, 0) is 13.0 Å². The minimum atomic E-state index is 0.678. The minimum absolute atomic E-state index is 0.678. The fraction of sp³-hybridized carbons (Fsp3) is 0.733. The summed E-state index contributed by atoms with van der Waals surface area (Å²) in [6.45, 7) is 10.2. The summed E-state index contributed by atoms with van der Waals surface area (Å²) in [5.41, 5.74) is 1.51. The molecule has 1 nitrogen and oxygen atoms in total. The highest BCUT2D eigenvalue weighted by atomic mass is 32.1. The van der Waals surface area contributed by atoms with E-state index in [-0.39, 0.29) is 0 Å². The van der Waals surface area contributed by atoms with E-state index in [1.165, 1.54) is 29.7 Å². The molecule has 1 heterocycles. The van der Waals surface area contributed by atoms with Gasteiger partial charge in [0.15, 0.2) is 0 Å². The molecular weight excluding hydrogens is 226 g/mol. The Kier molecular flexibility index (Phi) is 6.83. The normalized spacial score (nSPS) is 14.8. The van der Waals surface area contributed by atoms with Gasteiger partial charge in [-0.2, -0.15) is 0 Å². The molecule has 0 saturated carbocycles. The fourth-order valence-corrected chi connectivity index (χ4v) is 3.05. The van der Waals surface area contributed by atoms with E-state index in [0.717, 1.165) is 18.9 Å². The molecule has 98 valence electrons. The summed E-state index contributed by atoms with van der Waals surface area (Å²) in [6.07, 6.45) is 4.98. The molecule has 0 aromatic carbocycles. The summed E-state index contributed by atoms with van der Waals surface area (Å²) >= 11 is 1.89. The molecule has 2 heteroatoms. The first-order valence-electron chi connectivity index (χ1n) is 6.99. The van der Waals surface area contributed by atoms with Crippen LogP contribution < -0.4 is 5.32 Å². The SMILES string of the molecule is CCc1ccsc1CNC(CC)CC(C)CC. The van der Waals surface area contributed by atoms with Gasteiger partial charge in [0, 0.05) is 17.5 Å². The molecule has 0 saturated heterocycles. The van der Waals surface area contributed by atoms with Crippen LogP contribution in [0.2, 0.25) is 0 Å². The maximum atomic E-state index is 3.72. The third-order valence-electron chi connectivity index (χ3n) is 3.65. The van der Waals surface area contributed by atoms with E-state index in [1.54, 1.807) is 0 Å². The van der Waals surface area contributed by atoms with E-state index in [4.69, 9.17) is 0 Å². The van der Waals surface area contributed by atoms with E-state index in [2.05, 4.69) is 44.5 Å².